The third kappa shape index (κ3) is 4.50. The van der Waals surface area contributed by atoms with Gasteiger partial charge in [0.2, 0.25) is 6.10 Å². The number of halogens is 2. The largest absolute Gasteiger partial charge is 0.485 e. The van der Waals surface area contributed by atoms with Crippen molar-refractivity contribution >= 4 is 35.0 Å². The number of ether oxygens (including phenoxy) is 3. The first kappa shape index (κ1) is 18.2. The maximum Gasteiger partial charge on any atom is 0.283 e. The van der Waals surface area contributed by atoms with E-state index < -0.39 is 17.9 Å². The third-order valence-corrected chi connectivity index (χ3v) is 3.91. The zero-order valence-corrected chi connectivity index (χ0v) is 14.8. The third-order valence-electron chi connectivity index (χ3n) is 3.38. The molecule has 2 amide bonds. The Balaban J connectivity index is 1.45. The fraction of sp³-hybridized carbons (Fsp3) is 0.176. The quantitative estimate of drug-likeness (QED) is 0.774. The van der Waals surface area contributed by atoms with Gasteiger partial charge in [0.15, 0.2) is 18.1 Å². The van der Waals surface area contributed by atoms with Crippen LogP contribution >= 0.6 is 23.2 Å². The Kier molecular flexibility index (Phi) is 5.70. The van der Waals surface area contributed by atoms with E-state index in [4.69, 9.17) is 37.4 Å². The SMILES string of the molecule is O=C(COc1ccc(Cl)cc1Cl)NNC(=O)[C@H]1COc2ccccc2O1. The minimum absolute atomic E-state index is 0.0373. The summed E-state index contributed by atoms with van der Waals surface area (Å²) in [6.07, 6.45) is -0.878. The van der Waals surface area contributed by atoms with Crippen LogP contribution in [0, 0.1) is 0 Å². The van der Waals surface area contributed by atoms with Gasteiger partial charge in [0.1, 0.15) is 12.4 Å². The lowest BCUT2D eigenvalue weighted by molar-refractivity contribution is -0.135. The molecule has 1 heterocycles. The van der Waals surface area contributed by atoms with Gasteiger partial charge < -0.3 is 14.2 Å². The van der Waals surface area contributed by atoms with Crippen LogP contribution in [-0.2, 0) is 9.59 Å². The first-order chi connectivity index (χ1) is 12.5. The Hall–Kier alpha value is -2.64. The van der Waals surface area contributed by atoms with Crippen molar-refractivity contribution in [3.8, 4) is 17.2 Å². The van der Waals surface area contributed by atoms with Crippen molar-refractivity contribution < 1.29 is 23.8 Å². The number of benzene rings is 2. The molecular weight excluding hydrogens is 383 g/mol. The summed E-state index contributed by atoms with van der Waals surface area (Å²) in [4.78, 5) is 23.9. The molecule has 26 heavy (non-hydrogen) atoms. The van der Waals surface area contributed by atoms with Crippen molar-refractivity contribution in [3.63, 3.8) is 0 Å². The van der Waals surface area contributed by atoms with Gasteiger partial charge >= 0.3 is 0 Å². The second kappa shape index (κ2) is 8.16. The Morgan fingerprint density at radius 3 is 2.65 bits per heavy atom. The highest BCUT2D eigenvalue weighted by molar-refractivity contribution is 6.35. The second-order valence-electron chi connectivity index (χ2n) is 5.27. The van der Waals surface area contributed by atoms with Crippen LogP contribution in [0.15, 0.2) is 42.5 Å². The smallest absolute Gasteiger partial charge is 0.283 e. The standard InChI is InChI=1S/C17H14Cl2N2O5/c18-10-5-6-12(11(19)7-10)25-9-16(22)20-21-17(23)15-8-24-13-3-1-2-4-14(13)26-15/h1-7,15H,8-9H2,(H,20,22)(H,21,23)/t15-/m1/s1. The molecule has 0 saturated heterocycles. The summed E-state index contributed by atoms with van der Waals surface area (Å²) in [5.74, 6) is 0.219. The van der Waals surface area contributed by atoms with Crippen LogP contribution in [0.4, 0.5) is 0 Å². The number of rotatable bonds is 4. The van der Waals surface area contributed by atoms with Crippen molar-refractivity contribution in [3.05, 3.63) is 52.5 Å². The van der Waals surface area contributed by atoms with E-state index in [1.807, 2.05) is 0 Å². The lowest BCUT2D eigenvalue weighted by atomic mass is 10.2. The van der Waals surface area contributed by atoms with E-state index in [1.165, 1.54) is 6.07 Å². The number of hydrogen-bond donors (Lipinski definition) is 2. The number of amides is 2. The average Bonchev–Trinajstić information content (AvgIpc) is 2.65. The van der Waals surface area contributed by atoms with E-state index in [-0.39, 0.29) is 18.2 Å². The van der Waals surface area contributed by atoms with Gasteiger partial charge in [-0.2, -0.15) is 0 Å². The molecule has 136 valence electrons. The molecule has 0 fully saturated rings. The minimum Gasteiger partial charge on any atom is -0.485 e. The fourth-order valence-corrected chi connectivity index (χ4v) is 2.60. The van der Waals surface area contributed by atoms with Gasteiger partial charge in [0.25, 0.3) is 11.8 Å². The summed E-state index contributed by atoms with van der Waals surface area (Å²) in [7, 11) is 0. The summed E-state index contributed by atoms with van der Waals surface area (Å²) < 4.78 is 16.2. The highest BCUT2D eigenvalue weighted by atomic mass is 35.5. The highest BCUT2D eigenvalue weighted by Crippen LogP contribution is 2.30. The number of hydrazine groups is 1. The molecule has 0 unspecified atom stereocenters. The predicted molar refractivity (Wildman–Crippen MR) is 94.6 cm³/mol. The molecule has 9 heteroatoms. The van der Waals surface area contributed by atoms with Gasteiger partial charge in [-0.25, -0.2) is 0 Å². The molecule has 3 rings (SSSR count). The maximum atomic E-state index is 12.1. The van der Waals surface area contributed by atoms with Crippen LogP contribution in [-0.4, -0.2) is 31.1 Å². The summed E-state index contributed by atoms with van der Waals surface area (Å²) >= 11 is 11.7. The summed E-state index contributed by atoms with van der Waals surface area (Å²) in [6.45, 7) is -0.303. The van der Waals surface area contributed by atoms with E-state index in [1.54, 1.807) is 36.4 Å². The summed E-state index contributed by atoms with van der Waals surface area (Å²) in [6, 6.07) is 11.6. The molecule has 1 aliphatic rings. The molecule has 0 spiro atoms. The van der Waals surface area contributed by atoms with E-state index in [2.05, 4.69) is 10.9 Å². The van der Waals surface area contributed by atoms with E-state index >= 15 is 0 Å². The number of carbonyl (C=O) groups is 2. The van der Waals surface area contributed by atoms with Crippen LogP contribution in [0.1, 0.15) is 0 Å². The van der Waals surface area contributed by atoms with Crippen molar-refractivity contribution in [1.82, 2.24) is 10.9 Å². The molecule has 2 N–H and O–H groups in total. The molecule has 2 aromatic carbocycles. The van der Waals surface area contributed by atoms with Crippen LogP contribution < -0.4 is 25.1 Å². The van der Waals surface area contributed by atoms with Gasteiger partial charge in [0.05, 0.1) is 5.02 Å². The van der Waals surface area contributed by atoms with Crippen LogP contribution in [0.5, 0.6) is 17.2 Å². The van der Waals surface area contributed by atoms with E-state index in [0.717, 1.165) is 0 Å². The monoisotopic (exact) mass is 396 g/mol. The highest BCUT2D eigenvalue weighted by Gasteiger charge is 2.27. The van der Waals surface area contributed by atoms with Gasteiger partial charge in [0, 0.05) is 5.02 Å². The van der Waals surface area contributed by atoms with Crippen molar-refractivity contribution in [1.29, 1.82) is 0 Å². The van der Waals surface area contributed by atoms with E-state index in [0.29, 0.717) is 22.3 Å². The molecule has 2 aromatic rings. The second-order valence-corrected chi connectivity index (χ2v) is 6.11. The Labute approximate surface area is 159 Å². The summed E-state index contributed by atoms with van der Waals surface area (Å²) in [5, 5.41) is 0.732. The lowest BCUT2D eigenvalue weighted by Crippen LogP contribution is -2.51. The number of nitrogens with one attached hydrogen (secondary N) is 2. The normalized spacial score (nSPS) is 15.1. The van der Waals surface area contributed by atoms with E-state index in [9.17, 15) is 9.59 Å². The van der Waals surface area contributed by atoms with Gasteiger partial charge in [-0.3, -0.25) is 20.4 Å². The predicted octanol–water partition coefficient (Wildman–Crippen LogP) is 2.36. The zero-order valence-electron chi connectivity index (χ0n) is 13.3. The summed E-state index contributed by atoms with van der Waals surface area (Å²) in [5.41, 5.74) is 4.50. The molecular formula is C17H14Cl2N2O5. The Morgan fingerprint density at radius 1 is 1.12 bits per heavy atom. The van der Waals surface area contributed by atoms with Gasteiger partial charge in [-0.05, 0) is 30.3 Å². The first-order valence-corrected chi connectivity index (χ1v) is 8.33. The fourth-order valence-electron chi connectivity index (χ4n) is 2.13. The van der Waals surface area contributed by atoms with Gasteiger partial charge in [-0.1, -0.05) is 35.3 Å². The molecule has 1 atom stereocenters. The topological polar surface area (TPSA) is 85.9 Å². The number of carbonyl (C=O) groups excluding carboxylic acids is 2. The number of para-hydroxylation sites is 2. The van der Waals surface area contributed by atoms with Crippen molar-refractivity contribution in [2.75, 3.05) is 13.2 Å². The van der Waals surface area contributed by atoms with Crippen LogP contribution in [0.3, 0.4) is 0 Å². The average molecular weight is 397 g/mol. The van der Waals surface area contributed by atoms with Crippen molar-refractivity contribution in [2.45, 2.75) is 6.10 Å². The molecule has 0 saturated carbocycles. The Bertz CT molecular complexity index is 831. The lowest BCUT2D eigenvalue weighted by Gasteiger charge is -2.25. The van der Waals surface area contributed by atoms with Crippen molar-refractivity contribution in [2.24, 2.45) is 0 Å². The first-order valence-electron chi connectivity index (χ1n) is 7.58. The molecule has 1 aliphatic heterocycles. The Morgan fingerprint density at radius 2 is 1.88 bits per heavy atom. The maximum absolute atomic E-state index is 12.1. The van der Waals surface area contributed by atoms with Crippen LogP contribution in [0.2, 0.25) is 10.0 Å². The number of hydrogen-bond acceptors (Lipinski definition) is 5. The number of fused-ring (bicyclic) bond motifs is 1. The van der Waals surface area contributed by atoms with Crippen LogP contribution in [0.25, 0.3) is 0 Å². The molecule has 0 radical (unpaired) electrons. The molecule has 0 bridgehead atoms. The van der Waals surface area contributed by atoms with Gasteiger partial charge in [-0.15, -0.1) is 0 Å². The minimum atomic E-state index is -0.878. The molecule has 0 aromatic heterocycles. The molecule has 0 aliphatic carbocycles. The molecule has 7 nitrogen and oxygen atoms in total. The zero-order chi connectivity index (χ0) is 18.5.